The molecule has 0 radical (unpaired) electrons. The van der Waals surface area contributed by atoms with Gasteiger partial charge in [0.1, 0.15) is 34.0 Å². The Morgan fingerprint density at radius 3 is 2.34 bits per heavy atom. The largest absolute Gasteiger partial charge is 0.507 e. The molecule has 0 saturated heterocycles. The Bertz CT molecular complexity index is 1120. The van der Waals surface area contributed by atoms with Crippen molar-refractivity contribution in [3.8, 4) is 17.2 Å². The topological polar surface area (TPSA) is 133 Å². The third kappa shape index (κ3) is 3.04. The minimum absolute atomic E-state index is 0.0163. The number of Topliss-reactive ketones (excluding diaryl/α,β-unsaturated/α-hetero) is 2. The number of aliphatic hydroxyl groups is 1. The Kier molecular flexibility index (Phi) is 5.16. The summed E-state index contributed by atoms with van der Waals surface area (Å²) in [7, 11) is 0. The molecular weight excluding hydrogens is 414 g/mol. The van der Waals surface area contributed by atoms with Crippen LogP contribution in [0.1, 0.15) is 67.9 Å². The predicted molar refractivity (Wildman–Crippen MR) is 115 cm³/mol. The van der Waals surface area contributed by atoms with Gasteiger partial charge in [-0.2, -0.15) is 0 Å². The lowest BCUT2D eigenvalue weighted by Crippen LogP contribution is -2.42. The van der Waals surface area contributed by atoms with Crippen molar-refractivity contribution < 1.29 is 34.4 Å². The molecule has 0 unspecified atom stereocenters. The molecule has 8 nitrogen and oxygen atoms in total. The van der Waals surface area contributed by atoms with Gasteiger partial charge in [-0.1, -0.05) is 0 Å². The molecule has 1 heterocycles. The van der Waals surface area contributed by atoms with Crippen molar-refractivity contribution in [2.75, 3.05) is 0 Å². The van der Waals surface area contributed by atoms with Gasteiger partial charge in [0.2, 0.25) is 0 Å². The Labute approximate surface area is 185 Å². The predicted octanol–water partition coefficient (Wildman–Crippen LogP) is 2.46. The number of allylic oxidation sites excluding steroid dienone is 4. The van der Waals surface area contributed by atoms with Crippen LogP contribution in [0.5, 0.6) is 17.2 Å². The van der Waals surface area contributed by atoms with E-state index in [9.17, 15) is 29.7 Å². The molecule has 3 aliphatic rings. The Morgan fingerprint density at radius 2 is 1.75 bits per heavy atom. The van der Waals surface area contributed by atoms with Crippen molar-refractivity contribution in [1.82, 2.24) is 5.32 Å². The Hall–Kier alpha value is -3.13. The maximum absolute atomic E-state index is 13.7. The molecule has 1 fully saturated rings. The molecule has 1 aromatic rings. The van der Waals surface area contributed by atoms with Crippen LogP contribution < -0.4 is 10.1 Å². The first-order chi connectivity index (χ1) is 15.0. The number of hydrogen-bond donors (Lipinski definition) is 4. The standard InChI is InChI=1S/C24H27NO7/c1-10-20(29)18(12(3)26)22-19(21(10)30)24(4)16(32-22)9-15(28)17(23(24)31)11(2)25-13-5-7-14(27)8-6-13/h9,13-14,25,27,29-30H,5-8H2,1-4H3/t13?,14?,24-/m0/s1. The van der Waals surface area contributed by atoms with E-state index in [2.05, 4.69) is 5.32 Å². The number of phenols is 2. The van der Waals surface area contributed by atoms with Crippen LogP contribution in [0.4, 0.5) is 0 Å². The summed E-state index contributed by atoms with van der Waals surface area (Å²) in [5.41, 5.74) is -1.12. The number of ketones is 3. The highest BCUT2D eigenvalue weighted by Gasteiger charge is 2.56. The van der Waals surface area contributed by atoms with Gasteiger partial charge in [-0.05, 0) is 53.4 Å². The molecule has 1 atom stereocenters. The van der Waals surface area contributed by atoms with Crippen LogP contribution in [0.15, 0.2) is 23.1 Å². The van der Waals surface area contributed by atoms with Crippen molar-refractivity contribution in [3.63, 3.8) is 0 Å². The van der Waals surface area contributed by atoms with Crippen molar-refractivity contribution in [2.45, 2.75) is 70.9 Å². The summed E-state index contributed by atoms with van der Waals surface area (Å²) in [6.07, 6.45) is 3.63. The van der Waals surface area contributed by atoms with Gasteiger partial charge in [0.05, 0.1) is 17.2 Å². The Balaban J connectivity index is 1.83. The first-order valence-electron chi connectivity index (χ1n) is 10.7. The lowest BCUT2D eigenvalue weighted by atomic mass is 9.70. The van der Waals surface area contributed by atoms with E-state index in [1.165, 1.54) is 19.9 Å². The number of benzene rings is 1. The minimum Gasteiger partial charge on any atom is -0.507 e. The molecular formula is C24H27NO7. The second-order valence-corrected chi connectivity index (χ2v) is 9.04. The molecule has 4 rings (SSSR count). The zero-order valence-electron chi connectivity index (χ0n) is 18.5. The van der Waals surface area contributed by atoms with Gasteiger partial charge in [-0.25, -0.2) is 0 Å². The van der Waals surface area contributed by atoms with Crippen LogP contribution in [0.25, 0.3) is 0 Å². The van der Waals surface area contributed by atoms with E-state index in [1.807, 2.05) is 0 Å². The highest BCUT2D eigenvalue weighted by Crippen LogP contribution is 2.57. The number of fused-ring (bicyclic) bond motifs is 3. The van der Waals surface area contributed by atoms with Gasteiger partial charge < -0.3 is 25.4 Å². The number of phenolic OH excluding ortho intramolecular Hbond substituents is 2. The van der Waals surface area contributed by atoms with Crippen molar-refractivity contribution in [3.05, 3.63) is 39.8 Å². The van der Waals surface area contributed by atoms with E-state index in [0.717, 1.165) is 12.8 Å². The summed E-state index contributed by atoms with van der Waals surface area (Å²) in [5.74, 6) is -2.40. The smallest absolute Gasteiger partial charge is 0.194 e. The molecule has 2 aliphatic carbocycles. The molecule has 8 heteroatoms. The maximum Gasteiger partial charge on any atom is 0.194 e. The van der Waals surface area contributed by atoms with Crippen molar-refractivity contribution in [1.29, 1.82) is 0 Å². The fourth-order valence-electron chi connectivity index (χ4n) is 4.96. The summed E-state index contributed by atoms with van der Waals surface area (Å²) in [5, 5.41) is 34.2. The zero-order valence-corrected chi connectivity index (χ0v) is 18.5. The number of nitrogens with one attached hydrogen (secondary N) is 1. The molecule has 1 aromatic carbocycles. The molecule has 1 saturated carbocycles. The summed E-state index contributed by atoms with van der Waals surface area (Å²) in [6, 6.07) is 0.0358. The molecule has 0 spiro atoms. The van der Waals surface area contributed by atoms with E-state index in [1.54, 1.807) is 13.8 Å². The van der Waals surface area contributed by atoms with E-state index >= 15 is 0 Å². The molecule has 4 N–H and O–H groups in total. The minimum atomic E-state index is -1.52. The van der Waals surface area contributed by atoms with E-state index in [4.69, 9.17) is 4.74 Å². The number of aromatic hydroxyl groups is 2. The van der Waals surface area contributed by atoms with Crippen LogP contribution in [-0.2, 0) is 15.0 Å². The first kappa shape index (κ1) is 22.1. The van der Waals surface area contributed by atoms with Gasteiger partial charge in [0.25, 0.3) is 0 Å². The quantitative estimate of drug-likeness (QED) is 0.319. The average molecular weight is 441 g/mol. The zero-order chi connectivity index (χ0) is 23.5. The molecule has 1 aliphatic heterocycles. The SMILES string of the molecule is CC(=O)c1c(O)c(C)c(O)c2c1OC1=CC(=O)C(=C(C)NC3CCC(O)CC3)C(=O)[C@@]12C. The van der Waals surface area contributed by atoms with Crippen LogP contribution in [0.3, 0.4) is 0 Å². The summed E-state index contributed by atoms with van der Waals surface area (Å²) in [6.45, 7) is 5.91. The van der Waals surface area contributed by atoms with E-state index in [0.29, 0.717) is 18.5 Å². The summed E-state index contributed by atoms with van der Waals surface area (Å²) < 4.78 is 5.76. The van der Waals surface area contributed by atoms with Crippen LogP contribution in [0, 0.1) is 6.92 Å². The third-order valence-electron chi connectivity index (χ3n) is 6.88. The molecule has 32 heavy (non-hydrogen) atoms. The average Bonchev–Trinajstić information content (AvgIpc) is 3.01. The number of aliphatic hydroxyl groups excluding tert-OH is 1. The molecule has 170 valence electrons. The van der Waals surface area contributed by atoms with Crippen molar-refractivity contribution >= 4 is 17.3 Å². The lowest BCUT2D eigenvalue weighted by Gasteiger charge is -2.31. The van der Waals surface area contributed by atoms with Crippen LogP contribution >= 0.6 is 0 Å². The number of carbonyl (C=O) groups excluding carboxylic acids is 3. The lowest BCUT2D eigenvalue weighted by molar-refractivity contribution is -0.123. The summed E-state index contributed by atoms with van der Waals surface area (Å²) >= 11 is 0. The monoisotopic (exact) mass is 441 g/mol. The molecule has 0 amide bonds. The maximum atomic E-state index is 13.7. The van der Waals surface area contributed by atoms with E-state index in [-0.39, 0.29) is 51.7 Å². The number of rotatable bonds is 3. The third-order valence-corrected chi connectivity index (χ3v) is 6.88. The number of hydrogen-bond acceptors (Lipinski definition) is 8. The second kappa shape index (κ2) is 7.48. The number of ether oxygens (including phenoxy) is 1. The fourth-order valence-corrected chi connectivity index (χ4v) is 4.96. The normalized spacial score (nSPS) is 28.5. The van der Waals surface area contributed by atoms with Gasteiger partial charge in [0.15, 0.2) is 17.3 Å². The van der Waals surface area contributed by atoms with Crippen LogP contribution in [-0.4, -0.2) is 44.8 Å². The van der Waals surface area contributed by atoms with Gasteiger partial charge >= 0.3 is 0 Å². The van der Waals surface area contributed by atoms with E-state index < -0.39 is 28.5 Å². The number of carbonyl (C=O) groups is 3. The van der Waals surface area contributed by atoms with Crippen molar-refractivity contribution in [2.24, 2.45) is 0 Å². The first-order valence-corrected chi connectivity index (χ1v) is 10.7. The molecule has 0 bridgehead atoms. The fraction of sp³-hybridized carbons (Fsp3) is 0.458. The second-order valence-electron chi connectivity index (χ2n) is 9.04. The van der Waals surface area contributed by atoms with Gasteiger partial charge in [-0.15, -0.1) is 0 Å². The van der Waals surface area contributed by atoms with Gasteiger partial charge in [-0.3, -0.25) is 14.4 Å². The highest BCUT2D eigenvalue weighted by molar-refractivity contribution is 6.31. The molecule has 0 aromatic heterocycles. The highest BCUT2D eigenvalue weighted by atomic mass is 16.5. The Morgan fingerprint density at radius 1 is 1.12 bits per heavy atom. The van der Waals surface area contributed by atoms with Gasteiger partial charge in [0, 0.05) is 23.4 Å². The summed E-state index contributed by atoms with van der Waals surface area (Å²) in [4.78, 5) is 38.9. The van der Waals surface area contributed by atoms with Crippen LogP contribution in [0.2, 0.25) is 0 Å².